The van der Waals surface area contributed by atoms with E-state index in [4.69, 9.17) is 4.74 Å². The van der Waals surface area contributed by atoms with Crippen LogP contribution in [0, 0.1) is 0 Å². The van der Waals surface area contributed by atoms with Crippen molar-refractivity contribution in [2.75, 3.05) is 20.3 Å². The van der Waals surface area contributed by atoms with Gasteiger partial charge in [0.1, 0.15) is 5.75 Å². The lowest BCUT2D eigenvalue weighted by molar-refractivity contribution is 0.195. The molecule has 0 amide bonds. The quantitative estimate of drug-likeness (QED) is 0.737. The summed E-state index contributed by atoms with van der Waals surface area (Å²) in [6.07, 6.45) is 2.03. The first-order chi connectivity index (χ1) is 7.33. The molecule has 1 aromatic carbocycles. The van der Waals surface area contributed by atoms with Gasteiger partial charge >= 0.3 is 0 Å². The third kappa shape index (κ3) is 2.13. The van der Waals surface area contributed by atoms with Crippen molar-refractivity contribution in [3.63, 3.8) is 0 Å². The lowest BCUT2D eigenvalue weighted by Gasteiger charge is -2.13. The molecule has 0 aromatic heterocycles. The SMILES string of the molecule is COCCNC1CCc2c(O)cccc21. The lowest BCUT2D eigenvalue weighted by atomic mass is 10.1. The largest absolute Gasteiger partial charge is 0.508 e. The number of methoxy groups -OCH3 is 1. The van der Waals surface area contributed by atoms with Gasteiger partial charge in [-0.05, 0) is 30.0 Å². The molecule has 0 saturated carbocycles. The number of nitrogens with one attached hydrogen (secondary N) is 1. The van der Waals surface area contributed by atoms with Gasteiger partial charge in [-0.15, -0.1) is 0 Å². The Labute approximate surface area is 90.1 Å². The van der Waals surface area contributed by atoms with Crippen molar-refractivity contribution in [1.82, 2.24) is 5.32 Å². The molecule has 0 bridgehead atoms. The van der Waals surface area contributed by atoms with Crippen molar-refractivity contribution in [3.8, 4) is 5.75 Å². The zero-order valence-electron chi connectivity index (χ0n) is 8.99. The molecule has 1 aliphatic rings. The van der Waals surface area contributed by atoms with Gasteiger partial charge < -0.3 is 15.2 Å². The van der Waals surface area contributed by atoms with E-state index in [-0.39, 0.29) is 0 Å². The van der Waals surface area contributed by atoms with Crippen LogP contribution < -0.4 is 5.32 Å². The highest BCUT2D eigenvalue weighted by Gasteiger charge is 2.23. The highest BCUT2D eigenvalue weighted by Crippen LogP contribution is 2.35. The average molecular weight is 207 g/mol. The van der Waals surface area contributed by atoms with Crippen LogP contribution in [0.1, 0.15) is 23.6 Å². The number of ether oxygens (including phenoxy) is 1. The van der Waals surface area contributed by atoms with E-state index in [1.54, 1.807) is 13.2 Å². The van der Waals surface area contributed by atoms with Crippen LogP contribution in [0.2, 0.25) is 0 Å². The van der Waals surface area contributed by atoms with Crippen LogP contribution in [-0.4, -0.2) is 25.4 Å². The fourth-order valence-corrected chi connectivity index (χ4v) is 2.18. The fourth-order valence-electron chi connectivity index (χ4n) is 2.18. The summed E-state index contributed by atoms with van der Waals surface area (Å²) in [7, 11) is 1.70. The zero-order valence-corrected chi connectivity index (χ0v) is 8.99. The van der Waals surface area contributed by atoms with Crippen molar-refractivity contribution in [2.24, 2.45) is 0 Å². The molecule has 0 aliphatic heterocycles. The van der Waals surface area contributed by atoms with E-state index in [0.29, 0.717) is 11.8 Å². The summed E-state index contributed by atoms with van der Waals surface area (Å²) in [6.45, 7) is 1.58. The summed E-state index contributed by atoms with van der Waals surface area (Å²) < 4.78 is 5.00. The molecule has 0 saturated heterocycles. The van der Waals surface area contributed by atoms with Gasteiger partial charge in [-0.3, -0.25) is 0 Å². The summed E-state index contributed by atoms with van der Waals surface area (Å²) in [5, 5.41) is 13.1. The molecule has 1 aliphatic carbocycles. The maximum Gasteiger partial charge on any atom is 0.119 e. The summed E-state index contributed by atoms with van der Waals surface area (Å²) >= 11 is 0. The Morgan fingerprint density at radius 3 is 3.20 bits per heavy atom. The van der Waals surface area contributed by atoms with E-state index in [2.05, 4.69) is 11.4 Å². The topological polar surface area (TPSA) is 41.5 Å². The predicted octanol–water partition coefficient (Wildman–Crippen LogP) is 1.62. The minimum Gasteiger partial charge on any atom is -0.508 e. The van der Waals surface area contributed by atoms with Crippen LogP contribution in [0.5, 0.6) is 5.75 Å². The number of rotatable bonds is 4. The Morgan fingerprint density at radius 1 is 1.53 bits per heavy atom. The minimum absolute atomic E-state index is 0.377. The van der Waals surface area contributed by atoms with E-state index in [1.165, 1.54) is 5.56 Å². The molecule has 1 atom stereocenters. The summed E-state index contributed by atoms with van der Waals surface area (Å²) in [5.74, 6) is 0.434. The third-order valence-corrected chi connectivity index (χ3v) is 2.94. The molecule has 3 heteroatoms. The first-order valence-corrected chi connectivity index (χ1v) is 5.36. The summed E-state index contributed by atoms with van der Waals surface area (Å²) in [6, 6.07) is 6.13. The van der Waals surface area contributed by atoms with E-state index < -0.39 is 0 Å². The third-order valence-electron chi connectivity index (χ3n) is 2.94. The monoisotopic (exact) mass is 207 g/mol. The second kappa shape index (κ2) is 4.64. The van der Waals surface area contributed by atoms with Gasteiger partial charge in [0.25, 0.3) is 0 Å². The van der Waals surface area contributed by atoms with Gasteiger partial charge in [-0.2, -0.15) is 0 Å². The van der Waals surface area contributed by atoms with Crippen molar-refractivity contribution >= 4 is 0 Å². The predicted molar refractivity (Wildman–Crippen MR) is 59.0 cm³/mol. The second-order valence-electron chi connectivity index (χ2n) is 3.88. The number of hydrogen-bond donors (Lipinski definition) is 2. The van der Waals surface area contributed by atoms with E-state index in [9.17, 15) is 5.11 Å². The van der Waals surface area contributed by atoms with E-state index in [0.717, 1.165) is 31.6 Å². The minimum atomic E-state index is 0.377. The normalized spacial score (nSPS) is 19.1. The molecular weight excluding hydrogens is 190 g/mol. The Kier molecular flexibility index (Phi) is 3.23. The van der Waals surface area contributed by atoms with Crippen molar-refractivity contribution in [2.45, 2.75) is 18.9 Å². The van der Waals surface area contributed by atoms with Crippen molar-refractivity contribution in [1.29, 1.82) is 0 Å². The van der Waals surface area contributed by atoms with E-state index >= 15 is 0 Å². The first-order valence-electron chi connectivity index (χ1n) is 5.36. The van der Waals surface area contributed by atoms with Gasteiger partial charge in [-0.1, -0.05) is 12.1 Å². The van der Waals surface area contributed by atoms with Crippen LogP contribution in [0.15, 0.2) is 18.2 Å². The molecule has 0 fully saturated rings. The van der Waals surface area contributed by atoms with Gasteiger partial charge in [0, 0.05) is 19.7 Å². The van der Waals surface area contributed by atoms with Crippen LogP contribution >= 0.6 is 0 Å². The van der Waals surface area contributed by atoms with Crippen molar-refractivity contribution in [3.05, 3.63) is 29.3 Å². The molecule has 2 rings (SSSR count). The van der Waals surface area contributed by atoms with Crippen LogP contribution in [0.3, 0.4) is 0 Å². The highest BCUT2D eigenvalue weighted by atomic mass is 16.5. The number of aromatic hydroxyl groups is 1. The second-order valence-corrected chi connectivity index (χ2v) is 3.88. The van der Waals surface area contributed by atoms with Crippen LogP contribution in [-0.2, 0) is 11.2 Å². The van der Waals surface area contributed by atoms with Gasteiger partial charge in [0.2, 0.25) is 0 Å². The summed E-state index contributed by atoms with van der Waals surface area (Å²) in [4.78, 5) is 0. The molecule has 0 radical (unpaired) electrons. The van der Waals surface area contributed by atoms with Crippen LogP contribution in [0.4, 0.5) is 0 Å². The number of fused-ring (bicyclic) bond motifs is 1. The standard InChI is InChI=1S/C12H17NO2/c1-15-8-7-13-11-6-5-10-9(11)3-2-4-12(10)14/h2-4,11,13-14H,5-8H2,1H3. The zero-order chi connectivity index (χ0) is 10.7. The molecule has 1 aromatic rings. The Hall–Kier alpha value is -1.06. The smallest absolute Gasteiger partial charge is 0.119 e. The number of phenols is 1. The molecule has 2 N–H and O–H groups in total. The van der Waals surface area contributed by atoms with Gasteiger partial charge in [0.05, 0.1) is 6.61 Å². The molecule has 15 heavy (non-hydrogen) atoms. The Morgan fingerprint density at radius 2 is 2.40 bits per heavy atom. The summed E-state index contributed by atoms with van der Waals surface area (Å²) in [5.41, 5.74) is 2.35. The van der Waals surface area contributed by atoms with Gasteiger partial charge in [-0.25, -0.2) is 0 Å². The molecule has 3 nitrogen and oxygen atoms in total. The van der Waals surface area contributed by atoms with E-state index in [1.807, 2.05) is 6.07 Å². The molecule has 1 unspecified atom stereocenters. The first kappa shape index (κ1) is 10.5. The lowest BCUT2D eigenvalue weighted by Crippen LogP contribution is -2.23. The fraction of sp³-hybridized carbons (Fsp3) is 0.500. The number of benzene rings is 1. The maximum absolute atomic E-state index is 9.67. The Bertz CT molecular complexity index is 338. The van der Waals surface area contributed by atoms with Crippen LogP contribution in [0.25, 0.3) is 0 Å². The van der Waals surface area contributed by atoms with Gasteiger partial charge in [0.15, 0.2) is 0 Å². The highest BCUT2D eigenvalue weighted by molar-refractivity contribution is 5.44. The van der Waals surface area contributed by atoms with Crippen molar-refractivity contribution < 1.29 is 9.84 Å². The molecular formula is C12H17NO2. The molecule has 0 heterocycles. The average Bonchev–Trinajstić information content (AvgIpc) is 2.64. The number of hydrogen-bond acceptors (Lipinski definition) is 3. The molecule has 82 valence electrons. The number of phenolic OH excluding ortho intramolecular Hbond substituents is 1. The Balaban J connectivity index is 2.05. The maximum atomic E-state index is 9.67. The molecule has 0 spiro atoms.